The largest absolute Gasteiger partial charge is 0.351 e. The zero-order chi connectivity index (χ0) is 17.7. The molecule has 2 aromatic rings. The number of nitrogens with one attached hydrogen (secondary N) is 2. The molecule has 7 heteroatoms. The SMILES string of the molecule is O=C(CCNS(=O)(=O)c1ccc2c(c1)CCCC2)NCc1cccs1. The number of benzene rings is 1. The summed E-state index contributed by atoms with van der Waals surface area (Å²) in [4.78, 5) is 13.2. The van der Waals surface area contributed by atoms with Gasteiger partial charge in [-0.1, -0.05) is 12.1 Å². The first-order valence-electron chi connectivity index (χ1n) is 8.45. The first-order chi connectivity index (χ1) is 12.0. The summed E-state index contributed by atoms with van der Waals surface area (Å²) in [6, 6.07) is 9.22. The lowest BCUT2D eigenvalue weighted by atomic mass is 9.92. The molecule has 1 aliphatic rings. The van der Waals surface area contributed by atoms with Crippen molar-refractivity contribution in [3.05, 3.63) is 51.7 Å². The van der Waals surface area contributed by atoms with Gasteiger partial charge in [0.2, 0.25) is 15.9 Å². The number of thiophene rings is 1. The van der Waals surface area contributed by atoms with Crippen molar-refractivity contribution < 1.29 is 13.2 Å². The molecule has 134 valence electrons. The maximum atomic E-state index is 12.4. The number of aryl methyl sites for hydroxylation is 2. The van der Waals surface area contributed by atoms with Crippen LogP contribution in [0.15, 0.2) is 40.6 Å². The quantitative estimate of drug-likeness (QED) is 0.778. The fraction of sp³-hybridized carbons (Fsp3) is 0.389. The van der Waals surface area contributed by atoms with Gasteiger partial charge in [-0.2, -0.15) is 0 Å². The van der Waals surface area contributed by atoms with Gasteiger partial charge >= 0.3 is 0 Å². The Morgan fingerprint density at radius 1 is 1.12 bits per heavy atom. The van der Waals surface area contributed by atoms with Crippen LogP contribution in [0.3, 0.4) is 0 Å². The molecule has 3 rings (SSSR count). The maximum absolute atomic E-state index is 12.4. The van der Waals surface area contributed by atoms with Crippen LogP contribution in [0.4, 0.5) is 0 Å². The number of carbonyl (C=O) groups excluding carboxylic acids is 1. The molecule has 0 saturated carbocycles. The Kier molecular flexibility index (Phi) is 5.88. The fourth-order valence-electron chi connectivity index (χ4n) is 2.95. The molecule has 1 heterocycles. The Labute approximate surface area is 152 Å². The third-order valence-corrected chi connectivity index (χ3v) is 6.65. The van der Waals surface area contributed by atoms with Crippen molar-refractivity contribution >= 4 is 27.3 Å². The summed E-state index contributed by atoms with van der Waals surface area (Å²) >= 11 is 1.58. The average molecular weight is 379 g/mol. The molecule has 0 bridgehead atoms. The smallest absolute Gasteiger partial charge is 0.240 e. The van der Waals surface area contributed by atoms with Gasteiger partial charge in [-0.25, -0.2) is 13.1 Å². The van der Waals surface area contributed by atoms with Crippen LogP contribution in [-0.2, 0) is 34.2 Å². The van der Waals surface area contributed by atoms with Crippen LogP contribution in [0.5, 0.6) is 0 Å². The number of rotatable bonds is 7. The van der Waals surface area contributed by atoms with Crippen LogP contribution in [0, 0.1) is 0 Å². The molecule has 1 amide bonds. The molecule has 0 fully saturated rings. The van der Waals surface area contributed by atoms with E-state index in [9.17, 15) is 13.2 Å². The van der Waals surface area contributed by atoms with E-state index in [0.717, 1.165) is 36.1 Å². The third kappa shape index (κ3) is 4.90. The van der Waals surface area contributed by atoms with Gasteiger partial charge in [0.1, 0.15) is 0 Å². The highest BCUT2D eigenvalue weighted by molar-refractivity contribution is 7.89. The lowest BCUT2D eigenvalue weighted by Gasteiger charge is -2.16. The zero-order valence-corrected chi connectivity index (χ0v) is 15.6. The molecule has 0 saturated heterocycles. The number of amides is 1. The monoisotopic (exact) mass is 378 g/mol. The standard InChI is InChI=1S/C18H22N2O3S2/c21-18(19-13-16-6-3-11-24-16)9-10-20-25(22,23)17-8-7-14-4-1-2-5-15(14)12-17/h3,6-8,11-12,20H,1-2,4-5,9-10,13H2,(H,19,21). The van der Waals surface area contributed by atoms with E-state index < -0.39 is 10.0 Å². The maximum Gasteiger partial charge on any atom is 0.240 e. The van der Waals surface area contributed by atoms with Crippen molar-refractivity contribution in [2.45, 2.75) is 43.5 Å². The summed E-state index contributed by atoms with van der Waals surface area (Å²) in [6.45, 7) is 0.573. The predicted molar refractivity (Wildman–Crippen MR) is 99.1 cm³/mol. The second kappa shape index (κ2) is 8.12. The van der Waals surface area contributed by atoms with Crippen molar-refractivity contribution in [2.24, 2.45) is 0 Å². The van der Waals surface area contributed by atoms with E-state index in [0.29, 0.717) is 6.54 Å². The summed E-state index contributed by atoms with van der Waals surface area (Å²) in [5.74, 6) is -0.165. The molecular weight excluding hydrogens is 356 g/mol. The van der Waals surface area contributed by atoms with Crippen molar-refractivity contribution in [1.82, 2.24) is 10.0 Å². The topological polar surface area (TPSA) is 75.3 Å². The number of sulfonamides is 1. The molecule has 0 spiro atoms. The lowest BCUT2D eigenvalue weighted by molar-refractivity contribution is -0.121. The van der Waals surface area contributed by atoms with Crippen LogP contribution < -0.4 is 10.0 Å². The number of fused-ring (bicyclic) bond motifs is 1. The molecule has 0 unspecified atom stereocenters. The van der Waals surface area contributed by atoms with E-state index >= 15 is 0 Å². The highest BCUT2D eigenvalue weighted by Crippen LogP contribution is 2.24. The summed E-state index contributed by atoms with van der Waals surface area (Å²) in [6.07, 6.45) is 4.35. The summed E-state index contributed by atoms with van der Waals surface area (Å²) < 4.78 is 27.3. The molecule has 1 aromatic carbocycles. The van der Waals surface area contributed by atoms with Gasteiger partial charge < -0.3 is 5.32 Å². The van der Waals surface area contributed by atoms with Crippen molar-refractivity contribution in [1.29, 1.82) is 0 Å². The second-order valence-electron chi connectivity index (χ2n) is 6.14. The van der Waals surface area contributed by atoms with Gasteiger partial charge in [0.15, 0.2) is 0 Å². The van der Waals surface area contributed by atoms with Gasteiger partial charge in [0.25, 0.3) is 0 Å². The zero-order valence-electron chi connectivity index (χ0n) is 14.0. The molecule has 1 aromatic heterocycles. The van der Waals surface area contributed by atoms with E-state index in [2.05, 4.69) is 10.0 Å². The van der Waals surface area contributed by atoms with Crippen LogP contribution in [-0.4, -0.2) is 20.9 Å². The molecule has 25 heavy (non-hydrogen) atoms. The first-order valence-corrected chi connectivity index (χ1v) is 10.8. The Hall–Kier alpha value is -1.70. The van der Waals surface area contributed by atoms with Crippen LogP contribution in [0.1, 0.15) is 35.3 Å². The summed E-state index contributed by atoms with van der Waals surface area (Å²) in [5.41, 5.74) is 2.38. The van der Waals surface area contributed by atoms with E-state index in [1.165, 1.54) is 5.56 Å². The van der Waals surface area contributed by atoms with Gasteiger partial charge in [-0.3, -0.25) is 4.79 Å². The second-order valence-corrected chi connectivity index (χ2v) is 8.94. The molecule has 5 nitrogen and oxygen atoms in total. The fourth-order valence-corrected chi connectivity index (χ4v) is 4.67. The third-order valence-electron chi connectivity index (χ3n) is 4.31. The Balaban J connectivity index is 1.50. The molecule has 1 aliphatic carbocycles. The molecule has 2 N–H and O–H groups in total. The highest BCUT2D eigenvalue weighted by atomic mass is 32.2. The lowest BCUT2D eigenvalue weighted by Crippen LogP contribution is -2.30. The number of carbonyl (C=O) groups is 1. The minimum atomic E-state index is -3.58. The van der Waals surface area contributed by atoms with Gasteiger partial charge in [-0.15, -0.1) is 11.3 Å². The molecular formula is C18H22N2O3S2. The van der Waals surface area contributed by atoms with Crippen LogP contribution in [0.25, 0.3) is 0 Å². The summed E-state index contributed by atoms with van der Waals surface area (Å²) in [7, 11) is -3.58. The Morgan fingerprint density at radius 2 is 1.92 bits per heavy atom. The highest BCUT2D eigenvalue weighted by Gasteiger charge is 2.17. The predicted octanol–water partition coefficient (Wildman–Crippen LogP) is 2.61. The number of hydrogen-bond donors (Lipinski definition) is 2. The van der Waals surface area contributed by atoms with E-state index in [1.807, 2.05) is 23.6 Å². The van der Waals surface area contributed by atoms with Gasteiger partial charge in [0, 0.05) is 17.8 Å². The molecule has 0 radical (unpaired) electrons. The normalized spacial score (nSPS) is 14.1. The van der Waals surface area contributed by atoms with Crippen molar-refractivity contribution in [3.63, 3.8) is 0 Å². The summed E-state index contributed by atoms with van der Waals surface area (Å²) in [5, 5.41) is 4.74. The minimum Gasteiger partial charge on any atom is -0.351 e. The molecule has 0 atom stereocenters. The Bertz CT molecular complexity index is 830. The Morgan fingerprint density at radius 3 is 2.68 bits per heavy atom. The average Bonchev–Trinajstić information content (AvgIpc) is 3.13. The van der Waals surface area contributed by atoms with E-state index in [1.54, 1.807) is 23.5 Å². The first kappa shape index (κ1) is 18.1. The van der Waals surface area contributed by atoms with Crippen molar-refractivity contribution in [2.75, 3.05) is 6.54 Å². The van der Waals surface area contributed by atoms with Gasteiger partial charge in [-0.05, 0) is 60.4 Å². The minimum absolute atomic E-state index is 0.0929. The molecule has 0 aliphatic heterocycles. The van der Waals surface area contributed by atoms with E-state index in [4.69, 9.17) is 0 Å². The van der Waals surface area contributed by atoms with Crippen LogP contribution >= 0.6 is 11.3 Å². The van der Waals surface area contributed by atoms with Crippen LogP contribution in [0.2, 0.25) is 0 Å². The van der Waals surface area contributed by atoms with Crippen molar-refractivity contribution in [3.8, 4) is 0 Å². The van der Waals surface area contributed by atoms with E-state index in [-0.39, 0.29) is 23.8 Å². The number of hydrogen-bond acceptors (Lipinski definition) is 4. The van der Waals surface area contributed by atoms with Gasteiger partial charge in [0.05, 0.1) is 11.4 Å².